The van der Waals surface area contributed by atoms with Gasteiger partial charge in [0.05, 0.1) is 39.3 Å². The molecule has 0 atom stereocenters. The molecule has 5 aromatic carbocycles. The fourth-order valence-electron chi connectivity index (χ4n) is 9.62. The van der Waals surface area contributed by atoms with E-state index in [4.69, 9.17) is 15.0 Å². The van der Waals surface area contributed by atoms with Gasteiger partial charge in [0.2, 0.25) is 0 Å². The van der Waals surface area contributed by atoms with Gasteiger partial charge in [-0.1, -0.05) is 97.1 Å². The number of anilines is 1. The van der Waals surface area contributed by atoms with E-state index in [-0.39, 0.29) is 0 Å². The molecule has 0 spiro atoms. The molecule has 0 fully saturated rings. The van der Waals surface area contributed by atoms with Crippen molar-refractivity contribution in [3.8, 4) is 33.6 Å². The first kappa shape index (κ1) is 31.7. The Morgan fingerprint density at radius 3 is 1.89 bits per heavy atom. The Kier molecular flexibility index (Phi) is 6.81. The lowest BCUT2D eigenvalue weighted by Gasteiger charge is -2.31. The van der Waals surface area contributed by atoms with Gasteiger partial charge in [-0.3, -0.25) is 15.0 Å². The van der Waals surface area contributed by atoms with Gasteiger partial charge in [0.25, 0.3) is 0 Å². The molecular weight excluding hydrogens is 697 g/mol. The highest BCUT2D eigenvalue weighted by Crippen LogP contribution is 2.57. The summed E-state index contributed by atoms with van der Waals surface area (Å²) in [5.41, 5.74) is 17.2. The number of fused-ring (bicyclic) bond motifs is 10. The van der Waals surface area contributed by atoms with Crippen molar-refractivity contribution in [3.63, 3.8) is 0 Å². The van der Waals surface area contributed by atoms with Gasteiger partial charge in [-0.05, 0) is 101 Å². The van der Waals surface area contributed by atoms with Crippen LogP contribution in [0.5, 0.6) is 0 Å². The minimum atomic E-state index is -0.685. The Morgan fingerprint density at radius 2 is 1.16 bits per heavy atom. The van der Waals surface area contributed by atoms with Gasteiger partial charge in [0, 0.05) is 52.8 Å². The average Bonchev–Trinajstić information content (AvgIpc) is 3.92. The van der Waals surface area contributed by atoms with Crippen molar-refractivity contribution in [3.05, 3.63) is 211 Å². The lowest BCUT2D eigenvalue weighted by molar-refractivity contribution is 0.706. The first-order chi connectivity index (χ1) is 28.3. The van der Waals surface area contributed by atoms with E-state index in [9.17, 15) is 0 Å². The molecule has 0 bridgehead atoms. The lowest BCUT2D eigenvalue weighted by Crippen LogP contribution is -2.30. The minimum Gasteiger partial charge on any atom is -0.378 e. The van der Waals surface area contributed by atoms with Gasteiger partial charge in [-0.25, -0.2) is 0 Å². The molecule has 0 unspecified atom stereocenters. The summed E-state index contributed by atoms with van der Waals surface area (Å²) in [6.07, 6.45) is 10.0. The molecule has 12 rings (SSSR count). The predicted molar refractivity (Wildman–Crippen MR) is 231 cm³/mol. The molecule has 1 aliphatic carbocycles. The summed E-state index contributed by atoms with van der Waals surface area (Å²) in [4.78, 5) is 14.8. The molecule has 6 heterocycles. The zero-order valence-electron chi connectivity index (χ0n) is 30.8. The van der Waals surface area contributed by atoms with Gasteiger partial charge >= 0.3 is 0 Å². The number of para-hydroxylation sites is 1. The van der Waals surface area contributed by atoms with E-state index in [1.165, 1.54) is 44.1 Å². The summed E-state index contributed by atoms with van der Waals surface area (Å²) in [5, 5.41) is 5.97. The Labute approximate surface area is 329 Å². The fraction of sp³-hybridized carbons (Fsp3) is 0.0392. The van der Waals surface area contributed by atoms with Crippen LogP contribution >= 0.6 is 0 Å². The van der Waals surface area contributed by atoms with Crippen molar-refractivity contribution < 1.29 is 0 Å². The summed E-state index contributed by atoms with van der Waals surface area (Å²) in [5.74, 6) is 0. The summed E-state index contributed by atoms with van der Waals surface area (Å²) >= 11 is 0. The normalized spacial score (nSPS) is 13.8. The van der Waals surface area contributed by atoms with Crippen LogP contribution < -0.4 is 5.32 Å². The number of benzene rings is 5. The topological polar surface area (TPSA) is 60.6 Å². The van der Waals surface area contributed by atoms with Crippen LogP contribution in [0.25, 0.3) is 72.5 Å². The second-order valence-corrected chi connectivity index (χ2v) is 14.8. The van der Waals surface area contributed by atoms with Crippen LogP contribution in [-0.2, 0) is 5.41 Å². The third-order valence-corrected chi connectivity index (χ3v) is 12.0. The standard InChI is InChI=1S/C51H34N6/c1-3-13-40-39(12-1)47-41(51(40,45-17-5-7-29-52-45)46-18-6-8-30-53-46)28-27-38-37-11-2-4-14-42(37)57(50(38)47)36-25-21-34(22-26-36)33-19-23-35(24-20-33)56-43-15-9-31-54-48(43)49-44(56)16-10-32-55-49/h1-31,55H,32H2. The molecule has 268 valence electrons. The first-order valence-electron chi connectivity index (χ1n) is 19.4. The number of hydrogen-bond donors (Lipinski definition) is 1. The average molecular weight is 731 g/mol. The second kappa shape index (κ2) is 12.2. The van der Waals surface area contributed by atoms with E-state index in [0.29, 0.717) is 0 Å². The van der Waals surface area contributed by atoms with Gasteiger partial charge in [-0.15, -0.1) is 0 Å². The first-order valence-corrected chi connectivity index (χ1v) is 19.4. The Balaban J connectivity index is 1.03. The quantitative estimate of drug-likeness (QED) is 0.192. The molecule has 1 N–H and O–H groups in total. The van der Waals surface area contributed by atoms with Crippen LogP contribution in [0.3, 0.4) is 0 Å². The molecule has 10 aromatic rings. The number of aromatic nitrogens is 5. The van der Waals surface area contributed by atoms with Crippen molar-refractivity contribution in [1.82, 2.24) is 24.1 Å². The summed E-state index contributed by atoms with van der Waals surface area (Å²) in [6, 6.07) is 56.7. The maximum absolute atomic E-state index is 5.04. The van der Waals surface area contributed by atoms with E-state index >= 15 is 0 Å². The van der Waals surface area contributed by atoms with Crippen LogP contribution in [0.15, 0.2) is 182 Å². The van der Waals surface area contributed by atoms with Crippen molar-refractivity contribution in [2.75, 3.05) is 11.9 Å². The van der Waals surface area contributed by atoms with Crippen LogP contribution in [-0.4, -0.2) is 30.6 Å². The van der Waals surface area contributed by atoms with E-state index in [1.807, 2.05) is 36.8 Å². The minimum absolute atomic E-state index is 0.685. The lowest BCUT2D eigenvalue weighted by atomic mass is 9.72. The van der Waals surface area contributed by atoms with Crippen LogP contribution in [0.1, 0.15) is 28.2 Å². The highest BCUT2D eigenvalue weighted by molar-refractivity contribution is 6.16. The Morgan fingerprint density at radius 1 is 0.509 bits per heavy atom. The number of nitrogens with one attached hydrogen (secondary N) is 1. The van der Waals surface area contributed by atoms with Crippen LogP contribution in [0.4, 0.5) is 5.69 Å². The van der Waals surface area contributed by atoms with Crippen molar-refractivity contribution in [2.24, 2.45) is 0 Å². The Hall–Kier alpha value is -7.57. The molecule has 57 heavy (non-hydrogen) atoms. The van der Waals surface area contributed by atoms with Gasteiger partial charge in [-0.2, -0.15) is 0 Å². The molecule has 6 heteroatoms. The monoisotopic (exact) mass is 730 g/mol. The molecule has 0 amide bonds. The zero-order valence-corrected chi connectivity index (χ0v) is 30.8. The fourth-order valence-corrected chi connectivity index (χ4v) is 9.62. The van der Waals surface area contributed by atoms with E-state index in [1.54, 1.807) is 0 Å². The number of pyridine rings is 3. The van der Waals surface area contributed by atoms with Gasteiger partial charge in [0.1, 0.15) is 10.9 Å². The second-order valence-electron chi connectivity index (χ2n) is 14.8. The highest BCUT2D eigenvalue weighted by atomic mass is 15.1. The number of nitrogens with zero attached hydrogens (tertiary/aromatic N) is 5. The van der Waals surface area contributed by atoms with E-state index in [2.05, 4.69) is 166 Å². The molecule has 0 radical (unpaired) electrons. The third kappa shape index (κ3) is 4.43. The summed E-state index contributed by atoms with van der Waals surface area (Å²) in [7, 11) is 0. The number of hydrogen-bond acceptors (Lipinski definition) is 4. The smallest absolute Gasteiger partial charge is 0.112 e. The van der Waals surface area contributed by atoms with Crippen LogP contribution in [0, 0.1) is 0 Å². The molecule has 0 saturated heterocycles. The van der Waals surface area contributed by atoms with Gasteiger partial charge in [0.15, 0.2) is 0 Å². The maximum Gasteiger partial charge on any atom is 0.112 e. The Bertz CT molecular complexity index is 3170. The molecule has 5 aromatic heterocycles. The van der Waals surface area contributed by atoms with E-state index < -0.39 is 5.41 Å². The van der Waals surface area contributed by atoms with Crippen molar-refractivity contribution in [1.29, 1.82) is 0 Å². The van der Waals surface area contributed by atoms with Crippen LogP contribution in [0.2, 0.25) is 0 Å². The van der Waals surface area contributed by atoms with Gasteiger partial charge < -0.3 is 14.5 Å². The SMILES string of the molecule is C1=Cc2c(c3ncccc3n2-c2ccc(-c3ccc(-n4c5ccccc5c5ccc6c(c54)-c4ccccc4C6(c4ccccn4)c4ccccn4)cc3)cc2)NC1. The molecule has 1 aliphatic heterocycles. The summed E-state index contributed by atoms with van der Waals surface area (Å²) < 4.78 is 4.75. The summed E-state index contributed by atoms with van der Waals surface area (Å²) in [6.45, 7) is 0.805. The molecular formula is C51H34N6. The molecule has 6 nitrogen and oxygen atoms in total. The number of rotatable bonds is 5. The van der Waals surface area contributed by atoms with E-state index in [0.717, 1.165) is 62.8 Å². The van der Waals surface area contributed by atoms with Crippen molar-refractivity contribution >= 4 is 44.6 Å². The molecule has 2 aliphatic rings. The zero-order chi connectivity index (χ0) is 37.5. The van der Waals surface area contributed by atoms with Crippen molar-refractivity contribution in [2.45, 2.75) is 5.41 Å². The third-order valence-electron chi connectivity index (χ3n) is 12.0. The largest absolute Gasteiger partial charge is 0.378 e. The highest BCUT2D eigenvalue weighted by Gasteiger charge is 2.49. The predicted octanol–water partition coefficient (Wildman–Crippen LogP) is 11.4. The maximum atomic E-state index is 5.04. The molecule has 0 saturated carbocycles.